The zero-order valence-electron chi connectivity index (χ0n) is 11.5. The number of hydrogen-bond acceptors (Lipinski definition) is 3. The van der Waals surface area contributed by atoms with Gasteiger partial charge in [-0.05, 0) is 18.8 Å². The molecule has 0 aliphatic carbocycles. The van der Waals surface area contributed by atoms with Crippen molar-refractivity contribution in [3.8, 4) is 0 Å². The minimum Gasteiger partial charge on any atom is -0.481 e. The summed E-state index contributed by atoms with van der Waals surface area (Å²) in [6, 6.07) is 0. The van der Waals surface area contributed by atoms with Gasteiger partial charge in [0.1, 0.15) is 0 Å². The first-order valence-electron chi connectivity index (χ1n) is 6.60. The highest BCUT2D eigenvalue weighted by molar-refractivity contribution is 5.82. The third-order valence-corrected chi connectivity index (χ3v) is 4.17. The van der Waals surface area contributed by atoms with Crippen LogP contribution in [0.5, 0.6) is 0 Å². The Morgan fingerprint density at radius 1 is 1.44 bits per heavy atom. The van der Waals surface area contributed by atoms with E-state index >= 15 is 0 Å². The minimum absolute atomic E-state index is 0.00377. The number of likely N-dealkylation sites (tertiary alicyclic amines) is 1. The van der Waals surface area contributed by atoms with Crippen LogP contribution >= 0.6 is 0 Å². The highest BCUT2D eigenvalue weighted by Crippen LogP contribution is 2.35. The van der Waals surface area contributed by atoms with Gasteiger partial charge in [-0.1, -0.05) is 20.8 Å². The van der Waals surface area contributed by atoms with Crippen molar-refractivity contribution in [1.82, 2.24) is 4.90 Å². The first-order valence-corrected chi connectivity index (χ1v) is 6.60. The lowest BCUT2D eigenvalue weighted by Crippen LogP contribution is -2.42. The number of nitrogens with zero attached hydrogens (tertiary/aromatic N) is 1. The van der Waals surface area contributed by atoms with E-state index in [-0.39, 0.29) is 17.7 Å². The Bertz CT molecular complexity index is 330. The molecule has 0 aromatic rings. The number of hydrogen-bond donors (Lipinski definition) is 2. The number of aliphatic carboxylic acids is 1. The Morgan fingerprint density at radius 2 is 2.06 bits per heavy atom. The van der Waals surface area contributed by atoms with Gasteiger partial charge in [0.2, 0.25) is 5.91 Å². The number of carboxylic acid groups (broad SMARTS) is 1. The second kappa shape index (κ2) is 5.69. The summed E-state index contributed by atoms with van der Waals surface area (Å²) in [5.74, 6) is -0.811. The molecule has 2 atom stereocenters. The number of carboxylic acids is 1. The van der Waals surface area contributed by atoms with Crippen molar-refractivity contribution < 1.29 is 14.7 Å². The van der Waals surface area contributed by atoms with E-state index < -0.39 is 11.4 Å². The van der Waals surface area contributed by atoms with Crippen LogP contribution < -0.4 is 5.73 Å². The molecule has 104 valence electrons. The highest BCUT2D eigenvalue weighted by Gasteiger charge is 2.45. The maximum absolute atomic E-state index is 12.3. The van der Waals surface area contributed by atoms with Gasteiger partial charge >= 0.3 is 5.97 Å². The molecule has 5 nitrogen and oxygen atoms in total. The van der Waals surface area contributed by atoms with Gasteiger partial charge in [0.05, 0.1) is 11.3 Å². The molecule has 0 spiro atoms. The van der Waals surface area contributed by atoms with Crippen LogP contribution in [0.4, 0.5) is 0 Å². The normalized spacial score (nSPS) is 25.5. The molecule has 5 heteroatoms. The molecule has 1 aliphatic rings. The number of nitrogens with two attached hydrogens (primary N) is 1. The van der Waals surface area contributed by atoms with E-state index in [1.165, 1.54) is 0 Å². The van der Waals surface area contributed by atoms with Crippen molar-refractivity contribution in [3.63, 3.8) is 0 Å². The van der Waals surface area contributed by atoms with Gasteiger partial charge in [0, 0.05) is 19.6 Å². The van der Waals surface area contributed by atoms with E-state index in [0.29, 0.717) is 32.5 Å². The lowest BCUT2D eigenvalue weighted by atomic mass is 9.84. The molecule has 1 rings (SSSR count). The molecule has 1 heterocycles. The first-order chi connectivity index (χ1) is 8.38. The Morgan fingerprint density at radius 3 is 2.39 bits per heavy atom. The zero-order chi connectivity index (χ0) is 13.9. The number of rotatable bonds is 5. The van der Waals surface area contributed by atoms with Gasteiger partial charge in [0.25, 0.3) is 0 Å². The summed E-state index contributed by atoms with van der Waals surface area (Å²) < 4.78 is 0. The fraction of sp³-hybridized carbons (Fsp3) is 0.846. The van der Waals surface area contributed by atoms with Crippen LogP contribution in [0.15, 0.2) is 0 Å². The van der Waals surface area contributed by atoms with Gasteiger partial charge in [-0.25, -0.2) is 0 Å². The number of carbonyl (C=O) groups excluding carboxylic acids is 1. The molecular weight excluding hydrogens is 232 g/mol. The molecule has 1 amide bonds. The summed E-state index contributed by atoms with van der Waals surface area (Å²) in [7, 11) is 0. The maximum atomic E-state index is 12.3. The predicted molar refractivity (Wildman–Crippen MR) is 68.9 cm³/mol. The van der Waals surface area contributed by atoms with Crippen LogP contribution in [0, 0.1) is 17.3 Å². The van der Waals surface area contributed by atoms with Crippen molar-refractivity contribution in [2.75, 3.05) is 19.6 Å². The third kappa shape index (κ3) is 2.66. The molecule has 1 aliphatic heterocycles. The largest absolute Gasteiger partial charge is 0.481 e. The molecule has 3 N–H and O–H groups in total. The van der Waals surface area contributed by atoms with E-state index in [1.54, 1.807) is 4.90 Å². The van der Waals surface area contributed by atoms with Crippen LogP contribution in [0.3, 0.4) is 0 Å². The second-order valence-electron chi connectivity index (χ2n) is 5.54. The van der Waals surface area contributed by atoms with Crippen LogP contribution in [0.2, 0.25) is 0 Å². The maximum Gasteiger partial charge on any atom is 0.311 e. The van der Waals surface area contributed by atoms with Gasteiger partial charge < -0.3 is 15.7 Å². The Hall–Kier alpha value is -1.10. The van der Waals surface area contributed by atoms with E-state index in [2.05, 4.69) is 0 Å². The summed E-state index contributed by atoms with van der Waals surface area (Å²) in [4.78, 5) is 25.3. The van der Waals surface area contributed by atoms with E-state index in [9.17, 15) is 14.7 Å². The van der Waals surface area contributed by atoms with Crippen molar-refractivity contribution in [3.05, 3.63) is 0 Å². The lowest BCUT2D eigenvalue weighted by Gasteiger charge is -2.27. The molecule has 2 unspecified atom stereocenters. The molecule has 0 radical (unpaired) electrons. The van der Waals surface area contributed by atoms with E-state index in [4.69, 9.17) is 5.73 Å². The fourth-order valence-electron chi connectivity index (χ4n) is 2.57. The first kappa shape index (κ1) is 15.0. The smallest absolute Gasteiger partial charge is 0.311 e. The molecule has 18 heavy (non-hydrogen) atoms. The van der Waals surface area contributed by atoms with Gasteiger partial charge in [-0.3, -0.25) is 9.59 Å². The van der Waals surface area contributed by atoms with Crippen LogP contribution in [0.25, 0.3) is 0 Å². The molecule has 0 aromatic heterocycles. The Balaban J connectivity index is 2.77. The summed E-state index contributed by atoms with van der Waals surface area (Å²) >= 11 is 0. The Kier molecular flexibility index (Phi) is 4.73. The fourth-order valence-corrected chi connectivity index (χ4v) is 2.57. The number of carbonyl (C=O) groups is 2. The molecule has 1 saturated heterocycles. The average Bonchev–Trinajstić information content (AvgIpc) is 2.74. The molecule has 1 fully saturated rings. The number of amides is 1. The summed E-state index contributed by atoms with van der Waals surface area (Å²) in [5, 5.41) is 9.31. The molecule has 0 bridgehead atoms. The van der Waals surface area contributed by atoms with E-state index in [1.807, 2.05) is 20.8 Å². The average molecular weight is 256 g/mol. The van der Waals surface area contributed by atoms with Crippen LogP contribution in [-0.2, 0) is 9.59 Å². The zero-order valence-corrected chi connectivity index (χ0v) is 11.5. The summed E-state index contributed by atoms with van der Waals surface area (Å²) in [6.45, 7) is 6.97. The highest BCUT2D eigenvalue weighted by atomic mass is 16.4. The minimum atomic E-state index is -0.797. The SMILES string of the molecule is CCC1(C(=O)O)CCN(C(=O)C(CN)C(C)C)C1. The Labute approximate surface area is 108 Å². The standard InChI is InChI=1S/C13H24N2O3/c1-4-13(12(17)18)5-6-15(8-13)11(16)10(7-14)9(2)3/h9-10H,4-8,14H2,1-3H3,(H,17,18). The molecule has 0 saturated carbocycles. The lowest BCUT2D eigenvalue weighted by molar-refractivity contribution is -0.149. The quantitative estimate of drug-likeness (QED) is 0.766. The molecule has 0 aromatic carbocycles. The van der Waals surface area contributed by atoms with Crippen LogP contribution in [0.1, 0.15) is 33.6 Å². The molecular formula is C13H24N2O3. The van der Waals surface area contributed by atoms with Gasteiger partial charge in [-0.2, -0.15) is 0 Å². The van der Waals surface area contributed by atoms with Crippen molar-refractivity contribution >= 4 is 11.9 Å². The second-order valence-corrected chi connectivity index (χ2v) is 5.54. The van der Waals surface area contributed by atoms with Crippen molar-refractivity contribution in [2.24, 2.45) is 23.0 Å². The van der Waals surface area contributed by atoms with Crippen LogP contribution in [-0.4, -0.2) is 41.5 Å². The summed E-state index contributed by atoms with van der Waals surface area (Å²) in [6.07, 6.45) is 1.10. The predicted octanol–water partition coefficient (Wildman–Crippen LogP) is 0.931. The van der Waals surface area contributed by atoms with Crippen molar-refractivity contribution in [2.45, 2.75) is 33.6 Å². The monoisotopic (exact) mass is 256 g/mol. The van der Waals surface area contributed by atoms with Gasteiger partial charge in [-0.15, -0.1) is 0 Å². The van der Waals surface area contributed by atoms with Crippen molar-refractivity contribution in [1.29, 1.82) is 0 Å². The van der Waals surface area contributed by atoms with E-state index in [0.717, 1.165) is 0 Å². The topological polar surface area (TPSA) is 83.6 Å². The van der Waals surface area contributed by atoms with Gasteiger partial charge in [0.15, 0.2) is 0 Å². The summed E-state index contributed by atoms with van der Waals surface area (Å²) in [5.41, 5.74) is 4.88. The third-order valence-electron chi connectivity index (χ3n) is 4.17.